The molecule has 1 aromatic heterocycles. The minimum absolute atomic E-state index is 0.548. The van der Waals surface area contributed by atoms with E-state index in [4.69, 9.17) is 12.2 Å². The van der Waals surface area contributed by atoms with Crippen LogP contribution in [0.1, 0.15) is 57.3 Å². The first-order valence-corrected chi connectivity index (χ1v) is 6.78. The number of aromatic nitrogens is 3. The number of hydrogen-bond donors (Lipinski definition) is 1. The zero-order valence-corrected chi connectivity index (χ0v) is 11.0. The summed E-state index contributed by atoms with van der Waals surface area (Å²) in [6.07, 6.45) is 8.02. The van der Waals surface area contributed by atoms with Gasteiger partial charge in [0.15, 0.2) is 4.77 Å². The summed E-state index contributed by atoms with van der Waals surface area (Å²) in [7, 11) is 0. The zero-order chi connectivity index (χ0) is 11.5. The molecular formula is C12H21N3S. The van der Waals surface area contributed by atoms with Crippen LogP contribution in [0.3, 0.4) is 0 Å². The molecule has 0 spiro atoms. The predicted octanol–water partition coefficient (Wildman–Crippen LogP) is 3.78. The van der Waals surface area contributed by atoms with Gasteiger partial charge in [0.2, 0.25) is 0 Å². The summed E-state index contributed by atoms with van der Waals surface area (Å²) in [6, 6.07) is 0.548. The maximum absolute atomic E-state index is 5.33. The second kappa shape index (κ2) is 5.13. The maximum Gasteiger partial charge on any atom is 0.195 e. The van der Waals surface area contributed by atoms with Crippen LogP contribution in [0.2, 0.25) is 0 Å². The minimum atomic E-state index is 0.548. The van der Waals surface area contributed by atoms with Crippen LogP contribution in [0.25, 0.3) is 0 Å². The van der Waals surface area contributed by atoms with Gasteiger partial charge in [0.05, 0.1) is 0 Å². The van der Waals surface area contributed by atoms with Gasteiger partial charge in [-0.3, -0.25) is 5.10 Å². The summed E-state index contributed by atoms with van der Waals surface area (Å²) in [6.45, 7) is 4.30. The van der Waals surface area contributed by atoms with E-state index in [0.29, 0.717) is 6.04 Å². The van der Waals surface area contributed by atoms with Gasteiger partial charge >= 0.3 is 0 Å². The van der Waals surface area contributed by atoms with Gasteiger partial charge < -0.3 is 4.57 Å². The van der Waals surface area contributed by atoms with E-state index in [1.165, 1.54) is 32.1 Å². The molecule has 1 aliphatic rings. The summed E-state index contributed by atoms with van der Waals surface area (Å²) >= 11 is 5.33. The molecular weight excluding hydrogens is 218 g/mol. The molecule has 0 bridgehead atoms. The van der Waals surface area contributed by atoms with Crippen molar-refractivity contribution in [2.45, 2.75) is 58.4 Å². The van der Waals surface area contributed by atoms with Gasteiger partial charge in [0.25, 0.3) is 0 Å². The van der Waals surface area contributed by atoms with Crippen LogP contribution >= 0.6 is 12.2 Å². The van der Waals surface area contributed by atoms with Gasteiger partial charge in [0, 0.05) is 6.04 Å². The molecule has 1 atom stereocenters. The van der Waals surface area contributed by atoms with Crippen LogP contribution in [0.5, 0.6) is 0 Å². The van der Waals surface area contributed by atoms with Gasteiger partial charge in [-0.2, -0.15) is 5.10 Å². The molecule has 1 heterocycles. The average molecular weight is 239 g/mol. The van der Waals surface area contributed by atoms with Crippen molar-refractivity contribution in [3.63, 3.8) is 0 Å². The highest BCUT2D eigenvalue weighted by atomic mass is 32.1. The molecule has 0 amide bonds. The lowest BCUT2D eigenvalue weighted by atomic mass is 9.83. The van der Waals surface area contributed by atoms with Crippen LogP contribution in [-0.2, 0) is 0 Å². The van der Waals surface area contributed by atoms with Crippen LogP contribution in [0.4, 0.5) is 0 Å². The normalized spacial score (nSPS) is 19.9. The first-order valence-electron chi connectivity index (χ1n) is 6.37. The largest absolute Gasteiger partial charge is 0.301 e. The molecule has 16 heavy (non-hydrogen) atoms. The molecule has 0 aromatic carbocycles. The van der Waals surface area contributed by atoms with E-state index in [0.717, 1.165) is 22.9 Å². The molecule has 0 saturated heterocycles. The monoisotopic (exact) mass is 239 g/mol. The Morgan fingerprint density at radius 3 is 2.62 bits per heavy atom. The van der Waals surface area contributed by atoms with Crippen LogP contribution in [0, 0.1) is 17.6 Å². The molecule has 1 unspecified atom stereocenters. The lowest BCUT2D eigenvalue weighted by Crippen LogP contribution is -2.22. The Bertz CT molecular complexity index is 387. The highest BCUT2D eigenvalue weighted by Crippen LogP contribution is 2.35. The summed E-state index contributed by atoms with van der Waals surface area (Å²) in [5.74, 6) is 1.82. The Labute approximate surface area is 102 Å². The van der Waals surface area contributed by atoms with Gasteiger partial charge in [-0.25, -0.2) is 0 Å². The SMILES string of the molecule is CCC(C1CCCCC1)n1c(C)n[nH]c1=S. The maximum atomic E-state index is 5.33. The second-order valence-corrected chi connectivity index (χ2v) is 5.21. The number of rotatable bonds is 3. The minimum Gasteiger partial charge on any atom is -0.301 e. The smallest absolute Gasteiger partial charge is 0.195 e. The van der Waals surface area contributed by atoms with Crippen molar-refractivity contribution >= 4 is 12.2 Å². The third kappa shape index (κ3) is 2.21. The Balaban J connectivity index is 2.24. The first-order chi connectivity index (χ1) is 7.74. The summed E-state index contributed by atoms with van der Waals surface area (Å²) in [5.41, 5.74) is 0. The lowest BCUT2D eigenvalue weighted by Gasteiger charge is -2.30. The van der Waals surface area contributed by atoms with E-state index in [-0.39, 0.29) is 0 Å². The van der Waals surface area contributed by atoms with Crippen LogP contribution in [-0.4, -0.2) is 14.8 Å². The van der Waals surface area contributed by atoms with Crippen LogP contribution < -0.4 is 0 Å². The summed E-state index contributed by atoms with van der Waals surface area (Å²) in [4.78, 5) is 0. The Kier molecular flexibility index (Phi) is 3.79. The number of nitrogens with one attached hydrogen (secondary N) is 1. The molecule has 3 nitrogen and oxygen atoms in total. The number of aromatic amines is 1. The Morgan fingerprint density at radius 1 is 1.44 bits per heavy atom. The highest BCUT2D eigenvalue weighted by molar-refractivity contribution is 7.71. The van der Waals surface area contributed by atoms with E-state index < -0.39 is 0 Å². The van der Waals surface area contributed by atoms with E-state index in [2.05, 4.69) is 21.7 Å². The molecule has 0 radical (unpaired) electrons. The van der Waals surface area contributed by atoms with Gasteiger partial charge in [0.1, 0.15) is 5.82 Å². The van der Waals surface area contributed by atoms with Gasteiger partial charge in [-0.15, -0.1) is 0 Å². The predicted molar refractivity (Wildman–Crippen MR) is 68.1 cm³/mol. The van der Waals surface area contributed by atoms with E-state index in [1.54, 1.807) is 0 Å². The Hall–Kier alpha value is -0.640. The molecule has 2 rings (SSSR count). The molecule has 1 fully saturated rings. The van der Waals surface area contributed by atoms with E-state index in [9.17, 15) is 0 Å². The van der Waals surface area contributed by atoms with Crippen molar-refractivity contribution in [3.05, 3.63) is 10.6 Å². The Morgan fingerprint density at radius 2 is 2.12 bits per heavy atom. The van der Waals surface area contributed by atoms with Crippen molar-refractivity contribution in [1.82, 2.24) is 14.8 Å². The average Bonchev–Trinajstić information content (AvgIpc) is 2.63. The third-order valence-electron chi connectivity index (χ3n) is 3.82. The lowest BCUT2D eigenvalue weighted by molar-refractivity contribution is 0.238. The number of H-pyrrole nitrogens is 1. The molecule has 1 N–H and O–H groups in total. The fourth-order valence-corrected chi connectivity index (χ4v) is 3.33. The number of aryl methyl sites for hydroxylation is 1. The number of nitrogens with zero attached hydrogens (tertiary/aromatic N) is 2. The van der Waals surface area contributed by atoms with Gasteiger partial charge in [-0.1, -0.05) is 26.2 Å². The van der Waals surface area contributed by atoms with Crippen molar-refractivity contribution in [1.29, 1.82) is 0 Å². The fraction of sp³-hybridized carbons (Fsp3) is 0.833. The molecule has 1 aromatic rings. The van der Waals surface area contributed by atoms with E-state index >= 15 is 0 Å². The van der Waals surface area contributed by atoms with Crippen molar-refractivity contribution < 1.29 is 0 Å². The highest BCUT2D eigenvalue weighted by Gasteiger charge is 2.25. The second-order valence-electron chi connectivity index (χ2n) is 4.82. The molecule has 0 aliphatic heterocycles. The molecule has 1 saturated carbocycles. The first kappa shape index (κ1) is 11.8. The molecule has 90 valence electrons. The van der Waals surface area contributed by atoms with Crippen molar-refractivity contribution in [2.75, 3.05) is 0 Å². The van der Waals surface area contributed by atoms with Crippen molar-refractivity contribution in [3.8, 4) is 0 Å². The quantitative estimate of drug-likeness (QED) is 0.814. The fourth-order valence-electron chi connectivity index (χ4n) is 3.02. The topological polar surface area (TPSA) is 33.6 Å². The van der Waals surface area contributed by atoms with Gasteiger partial charge in [-0.05, 0) is 44.3 Å². The molecule has 4 heteroatoms. The van der Waals surface area contributed by atoms with Crippen molar-refractivity contribution in [2.24, 2.45) is 5.92 Å². The molecule has 1 aliphatic carbocycles. The van der Waals surface area contributed by atoms with Crippen LogP contribution in [0.15, 0.2) is 0 Å². The summed E-state index contributed by atoms with van der Waals surface area (Å²) in [5, 5.41) is 7.13. The summed E-state index contributed by atoms with van der Waals surface area (Å²) < 4.78 is 3.01. The zero-order valence-electron chi connectivity index (χ0n) is 10.2. The third-order valence-corrected chi connectivity index (χ3v) is 4.11. The standard InChI is InChI=1S/C12H21N3S/c1-3-11(10-7-5-4-6-8-10)15-9(2)13-14-12(15)16/h10-11H,3-8H2,1-2H3,(H,14,16). The number of hydrogen-bond acceptors (Lipinski definition) is 2. The van der Waals surface area contributed by atoms with E-state index in [1.807, 2.05) is 6.92 Å².